The van der Waals surface area contributed by atoms with Gasteiger partial charge in [0.2, 0.25) is 0 Å². The van der Waals surface area contributed by atoms with Crippen molar-refractivity contribution in [3.8, 4) is 0 Å². The van der Waals surface area contributed by atoms with Crippen molar-refractivity contribution in [2.75, 3.05) is 6.61 Å². The maximum Gasteiger partial charge on any atom is 0.306 e. The van der Waals surface area contributed by atoms with E-state index in [1.807, 2.05) is 25.1 Å². The predicted octanol–water partition coefficient (Wildman–Crippen LogP) is 3.38. The molecule has 16 heavy (non-hydrogen) atoms. The van der Waals surface area contributed by atoms with Gasteiger partial charge in [-0.15, -0.1) is 0 Å². The van der Waals surface area contributed by atoms with Gasteiger partial charge in [-0.3, -0.25) is 4.79 Å². The number of esters is 1. The van der Waals surface area contributed by atoms with Crippen molar-refractivity contribution in [3.63, 3.8) is 0 Å². The summed E-state index contributed by atoms with van der Waals surface area (Å²) in [6, 6.07) is 10.3. The van der Waals surface area contributed by atoms with Crippen LogP contribution in [0.15, 0.2) is 30.3 Å². The van der Waals surface area contributed by atoms with Gasteiger partial charge in [0, 0.05) is 6.42 Å². The van der Waals surface area contributed by atoms with E-state index in [-0.39, 0.29) is 5.97 Å². The van der Waals surface area contributed by atoms with E-state index in [2.05, 4.69) is 26.0 Å². The third kappa shape index (κ3) is 3.69. The van der Waals surface area contributed by atoms with Gasteiger partial charge in [-0.2, -0.15) is 0 Å². The number of hydrogen-bond donors (Lipinski definition) is 0. The van der Waals surface area contributed by atoms with Crippen LogP contribution in [0.4, 0.5) is 0 Å². The monoisotopic (exact) mass is 220 g/mol. The van der Waals surface area contributed by atoms with Crippen molar-refractivity contribution < 1.29 is 9.53 Å². The smallest absolute Gasteiger partial charge is 0.306 e. The van der Waals surface area contributed by atoms with Crippen molar-refractivity contribution in [1.29, 1.82) is 0 Å². The molecular formula is C14H20O2. The highest BCUT2D eigenvalue weighted by atomic mass is 16.5. The Morgan fingerprint density at radius 3 is 2.44 bits per heavy atom. The van der Waals surface area contributed by atoms with E-state index < -0.39 is 0 Å². The molecule has 2 heteroatoms. The minimum absolute atomic E-state index is 0.0993. The van der Waals surface area contributed by atoms with Gasteiger partial charge in [0.25, 0.3) is 0 Å². The van der Waals surface area contributed by atoms with Crippen LogP contribution in [0.2, 0.25) is 0 Å². The fourth-order valence-corrected chi connectivity index (χ4v) is 1.74. The number of ether oxygens (including phenoxy) is 1. The van der Waals surface area contributed by atoms with Gasteiger partial charge in [-0.25, -0.2) is 0 Å². The van der Waals surface area contributed by atoms with E-state index in [9.17, 15) is 4.79 Å². The highest BCUT2D eigenvalue weighted by molar-refractivity contribution is 5.69. The van der Waals surface area contributed by atoms with Crippen LogP contribution < -0.4 is 0 Å². The summed E-state index contributed by atoms with van der Waals surface area (Å²) >= 11 is 0. The molecule has 0 saturated carbocycles. The zero-order chi connectivity index (χ0) is 12.0. The Labute approximate surface area is 97.6 Å². The first kappa shape index (κ1) is 12.8. The lowest BCUT2D eigenvalue weighted by atomic mass is 9.87. The van der Waals surface area contributed by atoms with Crippen LogP contribution in [0, 0.1) is 5.92 Å². The third-order valence-electron chi connectivity index (χ3n) is 2.97. The molecular weight excluding hydrogens is 200 g/mol. The molecule has 0 spiro atoms. The molecule has 1 rings (SSSR count). The maximum atomic E-state index is 11.4. The van der Waals surface area contributed by atoms with Crippen LogP contribution in [0.3, 0.4) is 0 Å². The zero-order valence-corrected chi connectivity index (χ0v) is 10.3. The van der Waals surface area contributed by atoms with Gasteiger partial charge < -0.3 is 4.74 Å². The minimum atomic E-state index is -0.0993. The molecule has 0 bridgehead atoms. The fourth-order valence-electron chi connectivity index (χ4n) is 1.74. The SMILES string of the molecule is CCOC(=O)C[C@@H](C)[C@@H](C)c1ccccc1. The molecule has 1 aromatic rings. The van der Waals surface area contributed by atoms with Crippen molar-refractivity contribution >= 4 is 5.97 Å². The standard InChI is InChI=1S/C14H20O2/c1-4-16-14(15)10-11(2)12(3)13-8-6-5-7-9-13/h5-9,11-12H,4,10H2,1-3H3/t11-,12-/m1/s1. The average molecular weight is 220 g/mol. The van der Waals surface area contributed by atoms with Crippen molar-refractivity contribution in [3.05, 3.63) is 35.9 Å². The van der Waals surface area contributed by atoms with Crippen molar-refractivity contribution in [1.82, 2.24) is 0 Å². The maximum absolute atomic E-state index is 11.4. The Morgan fingerprint density at radius 1 is 1.25 bits per heavy atom. The highest BCUT2D eigenvalue weighted by Crippen LogP contribution is 2.26. The largest absolute Gasteiger partial charge is 0.466 e. The van der Waals surface area contributed by atoms with Crippen LogP contribution in [-0.4, -0.2) is 12.6 Å². The molecule has 0 aliphatic heterocycles. The van der Waals surface area contributed by atoms with Gasteiger partial charge in [0.05, 0.1) is 6.61 Å². The molecule has 0 aromatic heterocycles. The molecule has 0 unspecified atom stereocenters. The molecule has 0 N–H and O–H groups in total. The normalized spacial score (nSPS) is 14.2. The highest BCUT2D eigenvalue weighted by Gasteiger charge is 2.17. The van der Waals surface area contributed by atoms with E-state index in [1.54, 1.807) is 0 Å². The summed E-state index contributed by atoms with van der Waals surface area (Å²) in [5, 5.41) is 0. The fraction of sp³-hybridized carbons (Fsp3) is 0.500. The summed E-state index contributed by atoms with van der Waals surface area (Å²) in [5.74, 6) is 0.588. The summed E-state index contributed by atoms with van der Waals surface area (Å²) in [6.07, 6.45) is 0.490. The van der Waals surface area contributed by atoms with Crippen LogP contribution >= 0.6 is 0 Å². The minimum Gasteiger partial charge on any atom is -0.466 e. The molecule has 0 aliphatic rings. The zero-order valence-electron chi connectivity index (χ0n) is 10.3. The first-order chi connectivity index (χ1) is 7.65. The summed E-state index contributed by atoms with van der Waals surface area (Å²) in [7, 11) is 0. The molecule has 88 valence electrons. The molecule has 2 nitrogen and oxygen atoms in total. The summed E-state index contributed by atoms with van der Waals surface area (Å²) < 4.78 is 4.96. The number of hydrogen-bond acceptors (Lipinski definition) is 2. The van der Waals surface area contributed by atoms with E-state index in [0.717, 1.165) is 0 Å². The van der Waals surface area contributed by atoms with Crippen molar-refractivity contribution in [2.45, 2.75) is 33.1 Å². The van der Waals surface area contributed by atoms with Gasteiger partial charge in [-0.05, 0) is 24.3 Å². The number of carbonyl (C=O) groups is 1. The van der Waals surface area contributed by atoms with E-state index in [0.29, 0.717) is 24.9 Å². The molecule has 0 fully saturated rings. The second kappa shape index (κ2) is 6.31. The quantitative estimate of drug-likeness (QED) is 0.711. The topological polar surface area (TPSA) is 26.3 Å². The molecule has 0 amide bonds. The Kier molecular flexibility index (Phi) is 5.03. The summed E-state index contributed by atoms with van der Waals surface area (Å²) in [6.45, 7) is 6.54. The molecule has 2 atom stereocenters. The Balaban J connectivity index is 2.54. The number of rotatable bonds is 5. The molecule has 1 aromatic carbocycles. The van der Waals surface area contributed by atoms with Gasteiger partial charge in [-0.1, -0.05) is 44.2 Å². The Hall–Kier alpha value is -1.31. The average Bonchev–Trinajstić information content (AvgIpc) is 2.29. The second-order valence-corrected chi connectivity index (χ2v) is 4.19. The van der Waals surface area contributed by atoms with Gasteiger partial charge in [0.1, 0.15) is 0 Å². The van der Waals surface area contributed by atoms with E-state index in [1.165, 1.54) is 5.56 Å². The predicted molar refractivity (Wildman–Crippen MR) is 65.3 cm³/mol. The summed E-state index contributed by atoms with van der Waals surface area (Å²) in [5.41, 5.74) is 1.28. The van der Waals surface area contributed by atoms with Crippen LogP contribution in [0.25, 0.3) is 0 Å². The first-order valence-electron chi connectivity index (χ1n) is 5.85. The Morgan fingerprint density at radius 2 is 1.88 bits per heavy atom. The lowest BCUT2D eigenvalue weighted by Crippen LogP contribution is -2.14. The van der Waals surface area contributed by atoms with Crippen LogP contribution in [0.1, 0.15) is 38.7 Å². The second-order valence-electron chi connectivity index (χ2n) is 4.19. The lowest BCUT2D eigenvalue weighted by Gasteiger charge is -2.19. The first-order valence-corrected chi connectivity index (χ1v) is 5.85. The molecule has 0 radical (unpaired) electrons. The third-order valence-corrected chi connectivity index (χ3v) is 2.97. The number of benzene rings is 1. The Bertz CT molecular complexity index is 319. The van der Waals surface area contributed by atoms with Crippen LogP contribution in [0.5, 0.6) is 0 Å². The van der Waals surface area contributed by atoms with Crippen LogP contribution in [-0.2, 0) is 9.53 Å². The lowest BCUT2D eigenvalue weighted by molar-refractivity contribution is -0.144. The summed E-state index contributed by atoms with van der Waals surface area (Å²) in [4.78, 5) is 11.4. The van der Waals surface area contributed by atoms with E-state index in [4.69, 9.17) is 4.74 Å². The number of carbonyl (C=O) groups excluding carboxylic acids is 1. The molecule has 0 aliphatic carbocycles. The molecule has 0 saturated heterocycles. The van der Waals surface area contributed by atoms with Gasteiger partial charge >= 0.3 is 5.97 Å². The van der Waals surface area contributed by atoms with E-state index >= 15 is 0 Å². The van der Waals surface area contributed by atoms with Gasteiger partial charge in [0.15, 0.2) is 0 Å². The molecule has 0 heterocycles. The van der Waals surface area contributed by atoms with Crippen molar-refractivity contribution in [2.24, 2.45) is 5.92 Å².